The Hall–Kier alpha value is -4.60. The molecule has 2 aliphatic heterocycles. The maximum Gasteiger partial charge on any atom is 0.339 e. The zero-order valence-corrected chi connectivity index (χ0v) is 19.0. The third kappa shape index (κ3) is 3.88. The first kappa shape index (κ1) is 23.6. The SMILES string of the molecule is COC(=O)CC1=C(C(=O)OC)C2(C(=O)O1)C(C(=O)OCc1ccccc1)=C(N)Nc1ccccc12. The van der Waals surface area contributed by atoms with Gasteiger partial charge in [0.2, 0.25) is 0 Å². The number of cyclic esters (lactones) is 1. The second-order valence-electron chi connectivity index (χ2n) is 7.70. The van der Waals surface area contributed by atoms with E-state index in [1.54, 1.807) is 48.5 Å². The third-order valence-corrected chi connectivity index (χ3v) is 5.76. The zero-order valence-electron chi connectivity index (χ0n) is 19.0. The molecular formula is C25H22N2O8. The van der Waals surface area contributed by atoms with Gasteiger partial charge in [-0.2, -0.15) is 0 Å². The lowest BCUT2D eigenvalue weighted by atomic mass is 9.66. The smallest absolute Gasteiger partial charge is 0.339 e. The fraction of sp³-hybridized carbons (Fsp3) is 0.200. The quantitative estimate of drug-likeness (QED) is 0.466. The number of carbonyl (C=O) groups is 4. The van der Waals surface area contributed by atoms with Gasteiger partial charge in [-0.15, -0.1) is 0 Å². The molecule has 10 nitrogen and oxygen atoms in total. The van der Waals surface area contributed by atoms with Crippen LogP contribution < -0.4 is 11.1 Å². The van der Waals surface area contributed by atoms with Crippen LogP contribution in [0.25, 0.3) is 0 Å². The van der Waals surface area contributed by atoms with Crippen LogP contribution in [0.2, 0.25) is 0 Å². The molecule has 4 rings (SSSR count). The van der Waals surface area contributed by atoms with Gasteiger partial charge in [-0.05, 0) is 11.6 Å². The van der Waals surface area contributed by atoms with Gasteiger partial charge in [0.1, 0.15) is 35.8 Å². The van der Waals surface area contributed by atoms with Crippen molar-refractivity contribution in [1.29, 1.82) is 0 Å². The molecule has 0 bridgehead atoms. The monoisotopic (exact) mass is 478 g/mol. The normalized spacial score (nSPS) is 18.5. The summed E-state index contributed by atoms with van der Waals surface area (Å²) in [6.07, 6.45) is -0.545. The first-order valence-electron chi connectivity index (χ1n) is 10.5. The minimum Gasteiger partial charge on any atom is -0.469 e. The van der Waals surface area contributed by atoms with E-state index in [-0.39, 0.29) is 34.9 Å². The van der Waals surface area contributed by atoms with Gasteiger partial charge in [-0.3, -0.25) is 4.79 Å². The minimum absolute atomic E-state index is 0.116. The average molecular weight is 478 g/mol. The number of anilines is 1. The molecule has 0 fully saturated rings. The lowest BCUT2D eigenvalue weighted by Crippen LogP contribution is -2.47. The zero-order chi connectivity index (χ0) is 25.2. The second-order valence-corrected chi connectivity index (χ2v) is 7.70. The van der Waals surface area contributed by atoms with Crippen LogP contribution in [0.3, 0.4) is 0 Å². The first-order chi connectivity index (χ1) is 16.8. The van der Waals surface area contributed by atoms with Crippen LogP contribution in [-0.2, 0) is 50.1 Å². The summed E-state index contributed by atoms with van der Waals surface area (Å²) >= 11 is 0. The van der Waals surface area contributed by atoms with Gasteiger partial charge >= 0.3 is 23.9 Å². The van der Waals surface area contributed by atoms with E-state index < -0.39 is 35.7 Å². The molecule has 1 spiro atoms. The molecule has 2 aromatic carbocycles. The molecule has 2 heterocycles. The second kappa shape index (κ2) is 9.34. The number of rotatable bonds is 6. The summed E-state index contributed by atoms with van der Waals surface area (Å²) in [5.41, 5.74) is 4.70. The van der Waals surface area contributed by atoms with Crippen molar-refractivity contribution in [3.8, 4) is 0 Å². The number of fused-ring (bicyclic) bond motifs is 2. The first-order valence-corrected chi connectivity index (χ1v) is 10.5. The molecule has 0 aromatic heterocycles. The van der Waals surface area contributed by atoms with Crippen molar-refractivity contribution in [1.82, 2.24) is 0 Å². The van der Waals surface area contributed by atoms with Crippen LogP contribution in [0.1, 0.15) is 17.5 Å². The Balaban J connectivity index is 1.92. The molecule has 1 unspecified atom stereocenters. The maximum atomic E-state index is 13.6. The lowest BCUT2D eigenvalue weighted by Gasteiger charge is -2.35. The predicted molar refractivity (Wildman–Crippen MR) is 121 cm³/mol. The van der Waals surface area contributed by atoms with Crippen LogP contribution in [-0.4, -0.2) is 38.1 Å². The standard InChI is InChI=1S/C25H22N2O8/c1-32-18(28)12-17-19(22(29)33-2)25(24(31)35-17)15-10-6-7-11-16(15)27-21(26)20(25)23(30)34-13-14-8-4-3-5-9-14/h3-11,27H,12-13,26H2,1-2H3. The number of carbonyl (C=O) groups excluding carboxylic acids is 4. The molecule has 0 amide bonds. The van der Waals surface area contributed by atoms with Gasteiger partial charge in [0.25, 0.3) is 0 Å². The molecule has 180 valence electrons. The number of ether oxygens (including phenoxy) is 4. The van der Waals surface area contributed by atoms with E-state index in [9.17, 15) is 19.2 Å². The number of para-hydroxylation sites is 1. The molecule has 0 aliphatic carbocycles. The molecule has 0 radical (unpaired) electrons. The number of hydrogen-bond donors (Lipinski definition) is 2. The van der Waals surface area contributed by atoms with Gasteiger partial charge in [0.05, 0.1) is 14.2 Å². The number of nitrogens with two attached hydrogens (primary N) is 1. The van der Waals surface area contributed by atoms with E-state index in [4.69, 9.17) is 19.9 Å². The Kier molecular flexibility index (Phi) is 6.28. The fourth-order valence-corrected chi connectivity index (χ4v) is 4.24. The van der Waals surface area contributed by atoms with E-state index in [0.29, 0.717) is 11.3 Å². The number of esters is 4. The minimum atomic E-state index is -2.13. The molecule has 10 heteroatoms. The highest BCUT2D eigenvalue weighted by Crippen LogP contribution is 2.53. The van der Waals surface area contributed by atoms with Gasteiger partial charge in [0.15, 0.2) is 5.41 Å². The molecule has 0 saturated carbocycles. The third-order valence-electron chi connectivity index (χ3n) is 5.76. The number of benzene rings is 2. The summed E-state index contributed by atoms with van der Waals surface area (Å²) in [4.78, 5) is 52.2. The Morgan fingerprint density at radius 3 is 2.31 bits per heavy atom. The van der Waals surface area contributed by atoms with Crippen LogP contribution in [0.5, 0.6) is 0 Å². The molecule has 2 aromatic rings. The van der Waals surface area contributed by atoms with Crippen molar-refractivity contribution in [2.45, 2.75) is 18.4 Å². The summed E-state index contributed by atoms with van der Waals surface area (Å²) in [7, 11) is 2.26. The van der Waals surface area contributed by atoms with Crippen LogP contribution in [0.4, 0.5) is 5.69 Å². The maximum absolute atomic E-state index is 13.6. The predicted octanol–water partition coefficient (Wildman–Crippen LogP) is 1.81. The van der Waals surface area contributed by atoms with E-state index in [2.05, 4.69) is 10.1 Å². The average Bonchev–Trinajstić information content (AvgIpc) is 3.14. The van der Waals surface area contributed by atoms with Crippen molar-refractivity contribution in [3.05, 3.63) is 88.5 Å². The number of hydrogen-bond acceptors (Lipinski definition) is 10. The van der Waals surface area contributed by atoms with Crippen LogP contribution in [0.15, 0.2) is 77.3 Å². The van der Waals surface area contributed by atoms with Gasteiger partial charge < -0.3 is 30.0 Å². The van der Waals surface area contributed by atoms with Crippen molar-refractivity contribution in [2.75, 3.05) is 19.5 Å². The van der Waals surface area contributed by atoms with E-state index >= 15 is 0 Å². The summed E-state index contributed by atoms with van der Waals surface area (Å²) in [6, 6.07) is 15.4. The highest BCUT2D eigenvalue weighted by atomic mass is 16.6. The lowest BCUT2D eigenvalue weighted by molar-refractivity contribution is -0.148. The van der Waals surface area contributed by atoms with E-state index in [1.165, 1.54) is 0 Å². The van der Waals surface area contributed by atoms with Gasteiger partial charge in [0, 0.05) is 11.3 Å². The van der Waals surface area contributed by atoms with Crippen molar-refractivity contribution in [3.63, 3.8) is 0 Å². The molecule has 2 aliphatic rings. The summed E-state index contributed by atoms with van der Waals surface area (Å²) in [5, 5.41) is 2.89. The Labute approximate surface area is 200 Å². The summed E-state index contributed by atoms with van der Waals surface area (Å²) in [5.74, 6) is -4.20. The highest BCUT2D eigenvalue weighted by molar-refractivity contribution is 6.16. The van der Waals surface area contributed by atoms with Crippen LogP contribution >= 0.6 is 0 Å². The van der Waals surface area contributed by atoms with Crippen molar-refractivity contribution < 1.29 is 38.1 Å². The highest BCUT2D eigenvalue weighted by Gasteiger charge is 2.63. The molecule has 35 heavy (non-hydrogen) atoms. The Morgan fingerprint density at radius 2 is 1.63 bits per heavy atom. The molecule has 0 saturated heterocycles. The topological polar surface area (TPSA) is 143 Å². The Morgan fingerprint density at radius 1 is 0.943 bits per heavy atom. The Bertz CT molecular complexity index is 1280. The van der Waals surface area contributed by atoms with Gasteiger partial charge in [-0.1, -0.05) is 48.5 Å². The molecule has 1 atom stereocenters. The van der Waals surface area contributed by atoms with Gasteiger partial charge in [-0.25, -0.2) is 14.4 Å². The summed E-state index contributed by atoms with van der Waals surface area (Å²) < 4.78 is 20.5. The van der Waals surface area contributed by atoms with Crippen molar-refractivity contribution >= 4 is 29.6 Å². The number of nitrogens with one attached hydrogen (secondary N) is 1. The summed E-state index contributed by atoms with van der Waals surface area (Å²) in [6.45, 7) is -0.116. The number of methoxy groups -OCH3 is 2. The van der Waals surface area contributed by atoms with Crippen LogP contribution in [0, 0.1) is 0 Å². The fourth-order valence-electron chi connectivity index (χ4n) is 4.24. The van der Waals surface area contributed by atoms with E-state index in [1.807, 2.05) is 6.07 Å². The largest absolute Gasteiger partial charge is 0.469 e. The molecule has 3 N–H and O–H groups in total. The van der Waals surface area contributed by atoms with E-state index in [0.717, 1.165) is 14.2 Å². The molecular weight excluding hydrogens is 456 g/mol. The van der Waals surface area contributed by atoms with Crippen molar-refractivity contribution in [2.24, 2.45) is 5.73 Å².